The SMILES string of the molecule is CC(C)CN(CC(C)C)C(=O)Cn1c(C2CC(=O)N(c3ccccc3)C2)nc2ccccc21. The van der Waals surface area contributed by atoms with Gasteiger partial charge in [-0.25, -0.2) is 4.98 Å². The van der Waals surface area contributed by atoms with E-state index in [1.807, 2.05) is 69.0 Å². The predicted octanol–water partition coefficient (Wildman–Crippen LogP) is 4.70. The number of benzene rings is 2. The van der Waals surface area contributed by atoms with Crippen LogP contribution in [-0.2, 0) is 16.1 Å². The van der Waals surface area contributed by atoms with Crippen LogP contribution in [0.1, 0.15) is 45.9 Å². The van der Waals surface area contributed by atoms with E-state index in [1.54, 1.807) is 0 Å². The molecule has 1 fully saturated rings. The summed E-state index contributed by atoms with van der Waals surface area (Å²) in [5, 5.41) is 0. The number of anilines is 1. The Morgan fingerprint density at radius 1 is 1.00 bits per heavy atom. The standard InChI is InChI=1S/C27H34N4O2/c1-19(2)15-29(16-20(3)4)26(33)18-31-24-13-9-8-12-23(24)28-27(31)21-14-25(32)30(17-21)22-10-6-5-7-11-22/h5-13,19-21H,14-18H2,1-4H3. The smallest absolute Gasteiger partial charge is 0.242 e. The molecule has 4 rings (SSSR count). The number of fused-ring (bicyclic) bond motifs is 1. The second kappa shape index (κ2) is 9.77. The van der Waals surface area contributed by atoms with E-state index in [-0.39, 0.29) is 24.3 Å². The summed E-state index contributed by atoms with van der Waals surface area (Å²) in [6.45, 7) is 10.8. The van der Waals surface area contributed by atoms with Crippen molar-refractivity contribution in [1.29, 1.82) is 0 Å². The van der Waals surface area contributed by atoms with E-state index in [1.165, 1.54) is 0 Å². The van der Waals surface area contributed by atoms with Gasteiger partial charge in [0.15, 0.2) is 0 Å². The maximum Gasteiger partial charge on any atom is 0.242 e. The van der Waals surface area contributed by atoms with Crippen molar-refractivity contribution < 1.29 is 9.59 Å². The van der Waals surface area contributed by atoms with Crippen LogP contribution in [0.2, 0.25) is 0 Å². The summed E-state index contributed by atoms with van der Waals surface area (Å²) in [5.41, 5.74) is 2.72. The van der Waals surface area contributed by atoms with Crippen LogP contribution in [-0.4, -0.2) is 45.9 Å². The Morgan fingerprint density at radius 3 is 2.30 bits per heavy atom. The average Bonchev–Trinajstić information content (AvgIpc) is 3.34. The molecule has 6 nitrogen and oxygen atoms in total. The Balaban J connectivity index is 1.65. The lowest BCUT2D eigenvalue weighted by molar-refractivity contribution is -0.132. The Labute approximate surface area is 196 Å². The number of imidazole rings is 1. The van der Waals surface area contributed by atoms with Crippen molar-refractivity contribution in [3.63, 3.8) is 0 Å². The zero-order chi connectivity index (χ0) is 23.5. The van der Waals surface area contributed by atoms with Crippen LogP contribution >= 0.6 is 0 Å². The zero-order valence-corrected chi connectivity index (χ0v) is 20.1. The third kappa shape index (κ3) is 5.10. The molecule has 1 atom stereocenters. The quantitative estimate of drug-likeness (QED) is 0.504. The molecule has 0 aliphatic carbocycles. The van der Waals surface area contributed by atoms with Gasteiger partial charge in [-0.3, -0.25) is 9.59 Å². The van der Waals surface area contributed by atoms with Crippen LogP contribution in [0.3, 0.4) is 0 Å². The van der Waals surface area contributed by atoms with E-state index < -0.39 is 0 Å². The average molecular weight is 447 g/mol. The third-order valence-corrected chi connectivity index (χ3v) is 6.06. The minimum atomic E-state index is -0.0541. The molecule has 174 valence electrons. The van der Waals surface area contributed by atoms with E-state index in [0.29, 0.717) is 24.8 Å². The number of amides is 2. The number of carbonyl (C=O) groups is 2. The number of rotatable bonds is 8. The van der Waals surface area contributed by atoms with E-state index in [4.69, 9.17) is 4.98 Å². The van der Waals surface area contributed by atoms with Gasteiger partial charge < -0.3 is 14.4 Å². The molecule has 2 aromatic carbocycles. The van der Waals surface area contributed by atoms with Gasteiger partial charge in [-0.2, -0.15) is 0 Å². The molecule has 3 aromatic rings. The fourth-order valence-electron chi connectivity index (χ4n) is 4.70. The molecule has 0 saturated carbocycles. The highest BCUT2D eigenvalue weighted by Gasteiger charge is 2.35. The van der Waals surface area contributed by atoms with Gasteiger partial charge in [-0.1, -0.05) is 58.0 Å². The normalized spacial score (nSPS) is 16.4. The van der Waals surface area contributed by atoms with E-state index in [9.17, 15) is 9.59 Å². The molecular formula is C27H34N4O2. The van der Waals surface area contributed by atoms with E-state index in [0.717, 1.165) is 35.6 Å². The summed E-state index contributed by atoms with van der Waals surface area (Å²) in [4.78, 5) is 35.0. The Bertz CT molecular complexity index is 1110. The molecule has 2 amide bonds. The van der Waals surface area contributed by atoms with Crippen molar-refractivity contribution in [2.75, 3.05) is 24.5 Å². The molecule has 6 heteroatoms. The van der Waals surface area contributed by atoms with Crippen LogP contribution in [0.15, 0.2) is 54.6 Å². The van der Waals surface area contributed by atoms with E-state index >= 15 is 0 Å². The first-order chi connectivity index (χ1) is 15.8. The summed E-state index contributed by atoms with van der Waals surface area (Å²) < 4.78 is 2.04. The van der Waals surface area contributed by atoms with Gasteiger partial charge in [0.2, 0.25) is 11.8 Å². The molecule has 1 aromatic heterocycles. The molecule has 1 unspecified atom stereocenters. The third-order valence-electron chi connectivity index (χ3n) is 6.06. The van der Waals surface area contributed by atoms with Crippen molar-refractivity contribution >= 4 is 28.5 Å². The molecule has 1 aliphatic heterocycles. The van der Waals surface area contributed by atoms with Gasteiger partial charge in [-0.05, 0) is 36.1 Å². The first kappa shape index (κ1) is 23.0. The van der Waals surface area contributed by atoms with Gasteiger partial charge in [0.1, 0.15) is 12.4 Å². The van der Waals surface area contributed by atoms with E-state index in [2.05, 4.69) is 27.7 Å². The highest BCUT2D eigenvalue weighted by atomic mass is 16.2. The second-order valence-corrected chi connectivity index (χ2v) is 9.87. The topological polar surface area (TPSA) is 58.4 Å². The minimum absolute atomic E-state index is 0.0541. The molecule has 0 spiro atoms. The first-order valence-corrected chi connectivity index (χ1v) is 11.9. The van der Waals surface area contributed by atoms with Crippen LogP contribution in [0.25, 0.3) is 11.0 Å². The summed E-state index contributed by atoms with van der Waals surface area (Å²) in [5.74, 6) is 1.77. The van der Waals surface area contributed by atoms with Crippen molar-refractivity contribution in [3.05, 3.63) is 60.4 Å². The number of carbonyl (C=O) groups excluding carboxylic acids is 2. The molecule has 0 radical (unpaired) electrons. The van der Waals surface area contributed by atoms with Crippen molar-refractivity contribution in [3.8, 4) is 0 Å². The monoisotopic (exact) mass is 446 g/mol. The minimum Gasteiger partial charge on any atom is -0.341 e. The van der Waals surface area contributed by atoms with Crippen LogP contribution < -0.4 is 4.90 Å². The summed E-state index contributed by atoms with van der Waals surface area (Å²) in [6, 6.07) is 17.7. The highest BCUT2D eigenvalue weighted by molar-refractivity contribution is 5.96. The molecule has 0 N–H and O–H groups in total. The Kier molecular flexibility index (Phi) is 6.82. The molecule has 1 saturated heterocycles. The fourth-order valence-corrected chi connectivity index (χ4v) is 4.70. The Morgan fingerprint density at radius 2 is 1.64 bits per heavy atom. The lowest BCUT2D eigenvalue weighted by atomic mass is 10.1. The van der Waals surface area contributed by atoms with Gasteiger partial charge >= 0.3 is 0 Å². The number of nitrogens with zero attached hydrogens (tertiary/aromatic N) is 4. The van der Waals surface area contributed by atoms with Gasteiger partial charge in [0.05, 0.1) is 11.0 Å². The number of aromatic nitrogens is 2. The van der Waals surface area contributed by atoms with Gasteiger partial charge in [-0.15, -0.1) is 0 Å². The maximum absolute atomic E-state index is 13.4. The molecule has 33 heavy (non-hydrogen) atoms. The largest absolute Gasteiger partial charge is 0.341 e. The summed E-state index contributed by atoms with van der Waals surface area (Å²) in [6.07, 6.45) is 0.397. The second-order valence-electron chi connectivity index (χ2n) is 9.87. The highest BCUT2D eigenvalue weighted by Crippen LogP contribution is 2.33. The molecule has 0 bridgehead atoms. The van der Waals surface area contributed by atoms with Crippen molar-refractivity contribution in [2.24, 2.45) is 11.8 Å². The summed E-state index contributed by atoms with van der Waals surface area (Å²) >= 11 is 0. The first-order valence-electron chi connectivity index (χ1n) is 11.9. The van der Waals surface area contributed by atoms with Gasteiger partial charge in [0, 0.05) is 37.7 Å². The fraction of sp³-hybridized carbons (Fsp3) is 0.444. The van der Waals surface area contributed by atoms with Crippen LogP contribution in [0.4, 0.5) is 5.69 Å². The Hall–Kier alpha value is -3.15. The lowest BCUT2D eigenvalue weighted by Gasteiger charge is -2.27. The zero-order valence-electron chi connectivity index (χ0n) is 20.1. The number of hydrogen-bond acceptors (Lipinski definition) is 3. The predicted molar refractivity (Wildman–Crippen MR) is 132 cm³/mol. The lowest BCUT2D eigenvalue weighted by Crippen LogP contribution is -2.39. The van der Waals surface area contributed by atoms with Gasteiger partial charge in [0.25, 0.3) is 0 Å². The van der Waals surface area contributed by atoms with Crippen molar-refractivity contribution in [2.45, 2.75) is 46.6 Å². The molecule has 2 heterocycles. The molecule has 1 aliphatic rings. The van der Waals surface area contributed by atoms with Crippen LogP contribution in [0, 0.1) is 11.8 Å². The van der Waals surface area contributed by atoms with Crippen LogP contribution in [0.5, 0.6) is 0 Å². The summed E-state index contributed by atoms with van der Waals surface area (Å²) in [7, 11) is 0. The number of para-hydroxylation sites is 3. The molecular weight excluding hydrogens is 412 g/mol. The number of hydrogen-bond donors (Lipinski definition) is 0. The maximum atomic E-state index is 13.4. The van der Waals surface area contributed by atoms with Crippen molar-refractivity contribution in [1.82, 2.24) is 14.5 Å².